The number of nitrogens with one attached hydrogen (secondary N) is 1. The lowest BCUT2D eigenvalue weighted by Crippen LogP contribution is -2.27. The number of hydrogen-bond acceptors (Lipinski definition) is 6. The van der Waals surface area contributed by atoms with E-state index in [1.807, 2.05) is 0 Å². The molecular formula is C14H15N3O4S. The zero-order chi connectivity index (χ0) is 16.3. The molecule has 1 N–H and O–H groups in total. The zero-order valence-corrected chi connectivity index (χ0v) is 13.1. The summed E-state index contributed by atoms with van der Waals surface area (Å²) < 4.78 is 5.14. The third-order valence-electron chi connectivity index (χ3n) is 2.48. The lowest BCUT2D eigenvalue weighted by Gasteiger charge is -2.18. The van der Waals surface area contributed by atoms with Gasteiger partial charge in [0, 0.05) is 18.3 Å². The van der Waals surface area contributed by atoms with E-state index in [2.05, 4.69) is 10.3 Å². The van der Waals surface area contributed by atoms with Crippen molar-refractivity contribution in [2.24, 2.45) is 0 Å². The van der Waals surface area contributed by atoms with Crippen molar-refractivity contribution in [1.82, 2.24) is 4.98 Å². The quantitative estimate of drug-likeness (QED) is 0.679. The summed E-state index contributed by atoms with van der Waals surface area (Å²) in [5, 5.41) is 13.6. The molecular weight excluding hydrogens is 306 g/mol. The Morgan fingerprint density at radius 1 is 1.32 bits per heavy atom. The Morgan fingerprint density at radius 2 is 1.95 bits per heavy atom. The van der Waals surface area contributed by atoms with E-state index in [-0.39, 0.29) is 5.69 Å². The Labute approximate surface area is 131 Å². The first-order valence-electron chi connectivity index (χ1n) is 6.45. The summed E-state index contributed by atoms with van der Waals surface area (Å²) in [6.45, 7) is 5.32. The molecule has 7 nitrogen and oxygen atoms in total. The molecule has 2 aromatic rings. The number of benzene rings is 1. The largest absolute Gasteiger partial charge is 0.444 e. The van der Waals surface area contributed by atoms with Gasteiger partial charge in [-0.05, 0) is 38.5 Å². The van der Waals surface area contributed by atoms with E-state index in [0.717, 1.165) is 10.4 Å². The van der Waals surface area contributed by atoms with E-state index < -0.39 is 16.6 Å². The number of nitrogens with zero attached hydrogens (tertiary/aromatic N) is 2. The lowest BCUT2D eigenvalue weighted by molar-refractivity contribution is -0.384. The molecule has 116 valence electrons. The second-order valence-corrected chi connectivity index (χ2v) is 6.49. The van der Waals surface area contributed by atoms with Crippen LogP contribution < -0.4 is 5.32 Å². The average molecular weight is 321 g/mol. The number of carbonyl (C=O) groups is 1. The number of nitro benzene ring substituents is 1. The van der Waals surface area contributed by atoms with Gasteiger partial charge in [0.1, 0.15) is 5.60 Å². The second-order valence-electron chi connectivity index (χ2n) is 5.46. The monoisotopic (exact) mass is 321 g/mol. The zero-order valence-electron chi connectivity index (χ0n) is 12.3. The minimum atomic E-state index is -0.581. The molecule has 2 rings (SSSR count). The number of hydrogen-bond donors (Lipinski definition) is 1. The van der Waals surface area contributed by atoms with Gasteiger partial charge in [0.05, 0.1) is 9.80 Å². The number of anilines is 1. The first kappa shape index (κ1) is 15.9. The predicted octanol–water partition coefficient (Wildman–Crippen LogP) is 4.07. The maximum Gasteiger partial charge on any atom is 0.413 e. The highest BCUT2D eigenvalue weighted by molar-refractivity contribution is 7.19. The summed E-state index contributed by atoms with van der Waals surface area (Å²) in [4.78, 5) is 26.7. The van der Waals surface area contributed by atoms with E-state index in [1.165, 1.54) is 23.5 Å². The molecule has 8 heteroatoms. The smallest absolute Gasteiger partial charge is 0.413 e. The van der Waals surface area contributed by atoms with Crippen molar-refractivity contribution < 1.29 is 14.5 Å². The summed E-state index contributed by atoms with van der Waals surface area (Å²) >= 11 is 1.26. The number of rotatable bonds is 3. The fourth-order valence-corrected chi connectivity index (χ4v) is 2.41. The van der Waals surface area contributed by atoms with E-state index in [9.17, 15) is 14.9 Å². The molecule has 0 aliphatic carbocycles. The molecule has 0 fully saturated rings. The normalized spacial score (nSPS) is 11.0. The van der Waals surface area contributed by atoms with Gasteiger partial charge in [0.25, 0.3) is 5.69 Å². The second kappa shape index (κ2) is 6.10. The summed E-state index contributed by atoms with van der Waals surface area (Å²) in [7, 11) is 0. The third-order valence-corrected chi connectivity index (χ3v) is 3.44. The summed E-state index contributed by atoms with van der Waals surface area (Å²) in [6.07, 6.45) is 1.02. The van der Waals surface area contributed by atoms with Gasteiger partial charge in [-0.3, -0.25) is 15.4 Å². The highest BCUT2D eigenvalue weighted by Crippen LogP contribution is 2.30. The van der Waals surface area contributed by atoms with Gasteiger partial charge in [-0.15, -0.1) is 0 Å². The van der Waals surface area contributed by atoms with Gasteiger partial charge < -0.3 is 4.74 Å². The molecule has 0 spiro atoms. The van der Waals surface area contributed by atoms with Gasteiger partial charge in [-0.1, -0.05) is 11.3 Å². The Kier molecular flexibility index (Phi) is 4.41. The van der Waals surface area contributed by atoms with Crippen molar-refractivity contribution in [3.8, 4) is 10.4 Å². The topological polar surface area (TPSA) is 94.4 Å². The summed E-state index contributed by atoms with van der Waals surface area (Å²) in [5.74, 6) is 0. The maximum absolute atomic E-state index is 11.7. The molecule has 0 atom stereocenters. The van der Waals surface area contributed by atoms with Gasteiger partial charge in [-0.25, -0.2) is 9.78 Å². The summed E-state index contributed by atoms with van der Waals surface area (Å²) in [6, 6.07) is 6.14. The van der Waals surface area contributed by atoms with Crippen LogP contribution in [0.4, 0.5) is 15.6 Å². The number of amides is 1. The van der Waals surface area contributed by atoms with Crippen LogP contribution in [0.1, 0.15) is 20.8 Å². The van der Waals surface area contributed by atoms with Gasteiger partial charge in [0.2, 0.25) is 0 Å². The number of carbonyl (C=O) groups excluding carboxylic acids is 1. The van der Waals surface area contributed by atoms with Crippen LogP contribution in [0.5, 0.6) is 0 Å². The molecule has 0 bridgehead atoms. The van der Waals surface area contributed by atoms with Crippen LogP contribution >= 0.6 is 11.3 Å². The molecule has 0 aliphatic rings. The Morgan fingerprint density at radius 3 is 2.50 bits per heavy atom. The Bertz CT molecular complexity index is 689. The van der Waals surface area contributed by atoms with E-state index in [4.69, 9.17) is 4.74 Å². The van der Waals surface area contributed by atoms with Crippen molar-refractivity contribution in [2.45, 2.75) is 26.4 Å². The van der Waals surface area contributed by atoms with Crippen LogP contribution in [0.15, 0.2) is 30.5 Å². The van der Waals surface area contributed by atoms with Gasteiger partial charge >= 0.3 is 6.09 Å². The van der Waals surface area contributed by atoms with Crippen molar-refractivity contribution >= 4 is 28.2 Å². The fraction of sp³-hybridized carbons (Fsp3) is 0.286. The molecule has 0 radical (unpaired) electrons. The molecule has 1 heterocycles. The molecule has 0 aliphatic heterocycles. The van der Waals surface area contributed by atoms with Gasteiger partial charge in [-0.2, -0.15) is 0 Å². The number of aromatic nitrogens is 1. The number of nitro groups is 1. The van der Waals surface area contributed by atoms with Crippen LogP contribution in [0.3, 0.4) is 0 Å². The SMILES string of the molecule is CC(C)(C)OC(=O)Nc1ncc(-c2ccc([N+](=O)[O-])cc2)s1. The van der Waals surface area contributed by atoms with Crippen molar-refractivity contribution in [1.29, 1.82) is 0 Å². The van der Waals surface area contributed by atoms with Crippen LogP contribution in [-0.2, 0) is 4.74 Å². The predicted molar refractivity (Wildman–Crippen MR) is 84.1 cm³/mol. The molecule has 1 amide bonds. The lowest BCUT2D eigenvalue weighted by atomic mass is 10.2. The Balaban J connectivity index is 2.08. The molecule has 1 aromatic carbocycles. The van der Waals surface area contributed by atoms with Crippen molar-refractivity contribution in [3.05, 3.63) is 40.6 Å². The van der Waals surface area contributed by atoms with E-state index in [0.29, 0.717) is 5.13 Å². The van der Waals surface area contributed by atoms with Crippen LogP contribution in [0.25, 0.3) is 10.4 Å². The minimum Gasteiger partial charge on any atom is -0.444 e. The van der Waals surface area contributed by atoms with Crippen LogP contribution in [0.2, 0.25) is 0 Å². The van der Waals surface area contributed by atoms with Crippen LogP contribution in [-0.4, -0.2) is 21.6 Å². The van der Waals surface area contributed by atoms with Gasteiger partial charge in [0.15, 0.2) is 5.13 Å². The highest BCUT2D eigenvalue weighted by atomic mass is 32.1. The number of ether oxygens (including phenoxy) is 1. The highest BCUT2D eigenvalue weighted by Gasteiger charge is 2.17. The molecule has 0 saturated heterocycles. The number of thiazole rings is 1. The van der Waals surface area contributed by atoms with E-state index in [1.54, 1.807) is 39.1 Å². The Hall–Kier alpha value is -2.48. The fourth-order valence-electron chi connectivity index (χ4n) is 1.60. The van der Waals surface area contributed by atoms with Crippen LogP contribution in [0, 0.1) is 10.1 Å². The number of non-ortho nitro benzene ring substituents is 1. The molecule has 0 unspecified atom stereocenters. The minimum absolute atomic E-state index is 0.0281. The third kappa shape index (κ3) is 4.26. The average Bonchev–Trinajstić information content (AvgIpc) is 2.85. The van der Waals surface area contributed by atoms with Crippen molar-refractivity contribution in [3.63, 3.8) is 0 Å². The summed E-state index contributed by atoms with van der Waals surface area (Å²) in [5.41, 5.74) is 0.239. The molecule has 1 aromatic heterocycles. The standard InChI is InChI=1S/C14H15N3O4S/c1-14(2,3)21-13(18)16-12-15-8-11(22-12)9-4-6-10(7-5-9)17(19)20/h4-8H,1-3H3,(H,15,16,18). The first-order valence-corrected chi connectivity index (χ1v) is 7.27. The van der Waals surface area contributed by atoms with E-state index >= 15 is 0 Å². The first-order chi connectivity index (χ1) is 10.2. The molecule has 0 saturated carbocycles. The molecule has 22 heavy (non-hydrogen) atoms. The van der Waals surface area contributed by atoms with Crippen molar-refractivity contribution in [2.75, 3.05) is 5.32 Å². The maximum atomic E-state index is 11.7.